The van der Waals surface area contributed by atoms with Gasteiger partial charge in [0.25, 0.3) is 5.91 Å². The van der Waals surface area contributed by atoms with E-state index in [2.05, 4.69) is 36.2 Å². The number of carbonyl (C=O) groups excluding carboxylic acids is 1. The fraction of sp³-hybridized carbons (Fsp3) is 0.207. The molecule has 1 heterocycles. The molecular formula is C29H29N3O3S. The number of nitrogens with zero attached hydrogens (tertiary/aromatic N) is 2. The van der Waals surface area contributed by atoms with Crippen molar-refractivity contribution in [2.75, 3.05) is 11.4 Å². The molecule has 0 saturated carbocycles. The standard InChI is InChI=1S/C29H29N3O3S/c1-3-32(29-31-26(20(2)36-29)23-12-8-5-9-13-23)19-22-14-16-24(17-15-22)27(33)30-25(28(34)35)18-21-10-6-4-7-11-21/h4-17,25H,3,18-19H2,1-2H3,(H,30,33)(H,34,35). The molecule has 0 saturated heterocycles. The molecule has 0 aliphatic heterocycles. The van der Waals surface area contributed by atoms with Crippen LogP contribution in [0.4, 0.5) is 5.13 Å². The van der Waals surface area contributed by atoms with E-state index in [-0.39, 0.29) is 6.42 Å². The van der Waals surface area contributed by atoms with E-state index >= 15 is 0 Å². The molecule has 0 fully saturated rings. The maximum Gasteiger partial charge on any atom is 0.326 e. The molecule has 0 aliphatic rings. The Kier molecular flexibility index (Phi) is 8.13. The lowest BCUT2D eigenvalue weighted by atomic mass is 10.1. The number of carbonyl (C=O) groups is 2. The van der Waals surface area contributed by atoms with Gasteiger partial charge in [0.05, 0.1) is 5.69 Å². The van der Waals surface area contributed by atoms with Gasteiger partial charge >= 0.3 is 5.97 Å². The lowest BCUT2D eigenvalue weighted by molar-refractivity contribution is -0.139. The number of hydrogen-bond donors (Lipinski definition) is 2. The normalized spacial score (nSPS) is 11.6. The molecule has 1 atom stereocenters. The SMILES string of the molecule is CCN(Cc1ccc(C(=O)NC(Cc2ccccc2)C(=O)O)cc1)c1nc(-c2ccccc2)c(C)s1. The van der Waals surface area contributed by atoms with Crippen LogP contribution in [0.1, 0.15) is 33.3 Å². The van der Waals surface area contributed by atoms with E-state index in [1.807, 2.05) is 60.7 Å². The molecule has 1 amide bonds. The first-order chi connectivity index (χ1) is 17.4. The number of aryl methyl sites for hydroxylation is 1. The number of rotatable bonds is 10. The molecule has 0 bridgehead atoms. The third kappa shape index (κ3) is 6.17. The largest absolute Gasteiger partial charge is 0.480 e. The molecule has 4 aromatic rings. The van der Waals surface area contributed by atoms with Crippen LogP contribution in [0.25, 0.3) is 11.3 Å². The molecule has 184 valence electrons. The number of hydrogen-bond acceptors (Lipinski definition) is 5. The Balaban J connectivity index is 1.42. The highest BCUT2D eigenvalue weighted by Crippen LogP contribution is 2.33. The third-order valence-electron chi connectivity index (χ3n) is 5.96. The molecule has 2 N–H and O–H groups in total. The van der Waals surface area contributed by atoms with Crippen LogP contribution in [-0.2, 0) is 17.8 Å². The van der Waals surface area contributed by atoms with Crippen LogP contribution in [0.5, 0.6) is 0 Å². The zero-order valence-corrected chi connectivity index (χ0v) is 21.2. The highest BCUT2D eigenvalue weighted by Gasteiger charge is 2.21. The summed E-state index contributed by atoms with van der Waals surface area (Å²) >= 11 is 1.67. The summed E-state index contributed by atoms with van der Waals surface area (Å²) in [5.74, 6) is -1.46. The van der Waals surface area contributed by atoms with Crippen molar-refractivity contribution in [2.45, 2.75) is 32.9 Å². The Labute approximate surface area is 215 Å². The van der Waals surface area contributed by atoms with Gasteiger partial charge in [0.1, 0.15) is 6.04 Å². The van der Waals surface area contributed by atoms with Gasteiger partial charge in [0.15, 0.2) is 5.13 Å². The van der Waals surface area contributed by atoms with Crippen molar-refractivity contribution in [1.82, 2.24) is 10.3 Å². The van der Waals surface area contributed by atoms with Gasteiger partial charge in [-0.15, -0.1) is 11.3 Å². The first-order valence-electron chi connectivity index (χ1n) is 11.9. The summed E-state index contributed by atoms with van der Waals surface area (Å²) in [6.07, 6.45) is 0.226. The topological polar surface area (TPSA) is 82.5 Å². The minimum atomic E-state index is -1.06. The zero-order chi connectivity index (χ0) is 25.5. The summed E-state index contributed by atoms with van der Waals surface area (Å²) in [5, 5.41) is 13.2. The number of carboxylic acids is 1. The van der Waals surface area contributed by atoms with Crippen molar-refractivity contribution in [1.29, 1.82) is 0 Å². The lowest BCUT2D eigenvalue weighted by Gasteiger charge is -2.20. The molecule has 0 radical (unpaired) electrons. The van der Waals surface area contributed by atoms with Gasteiger partial charge in [-0.2, -0.15) is 0 Å². The third-order valence-corrected chi connectivity index (χ3v) is 6.99. The average Bonchev–Trinajstić information content (AvgIpc) is 3.29. The second kappa shape index (κ2) is 11.6. The van der Waals surface area contributed by atoms with Crippen molar-refractivity contribution in [2.24, 2.45) is 0 Å². The maximum absolute atomic E-state index is 12.7. The van der Waals surface area contributed by atoms with Gasteiger partial charge < -0.3 is 15.3 Å². The van der Waals surface area contributed by atoms with Crippen molar-refractivity contribution < 1.29 is 14.7 Å². The van der Waals surface area contributed by atoms with Crippen molar-refractivity contribution in [3.63, 3.8) is 0 Å². The second-order valence-corrected chi connectivity index (χ2v) is 9.71. The Hall–Kier alpha value is -3.97. The van der Waals surface area contributed by atoms with Crippen LogP contribution in [0.15, 0.2) is 84.9 Å². The molecule has 7 heteroatoms. The molecule has 6 nitrogen and oxygen atoms in total. The molecule has 36 heavy (non-hydrogen) atoms. The van der Waals surface area contributed by atoms with Crippen LogP contribution in [0.3, 0.4) is 0 Å². The highest BCUT2D eigenvalue weighted by atomic mass is 32.1. The zero-order valence-electron chi connectivity index (χ0n) is 20.3. The first-order valence-corrected chi connectivity index (χ1v) is 12.7. The maximum atomic E-state index is 12.7. The van der Waals surface area contributed by atoms with E-state index < -0.39 is 17.9 Å². The van der Waals surface area contributed by atoms with Crippen LogP contribution < -0.4 is 10.2 Å². The predicted octanol–water partition coefficient (Wildman–Crippen LogP) is 5.57. The molecule has 1 unspecified atom stereocenters. The van der Waals surface area contributed by atoms with E-state index in [9.17, 15) is 14.7 Å². The second-order valence-electron chi connectivity index (χ2n) is 8.53. The van der Waals surface area contributed by atoms with Crippen molar-refractivity contribution >= 4 is 28.3 Å². The van der Waals surface area contributed by atoms with Gasteiger partial charge in [-0.3, -0.25) is 4.79 Å². The summed E-state index contributed by atoms with van der Waals surface area (Å²) in [4.78, 5) is 32.7. The van der Waals surface area contributed by atoms with Gasteiger partial charge in [0.2, 0.25) is 0 Å². The van der Waals surface area contributed by atoms with Gasteiger partial charge in [-0.25, -0.2) is 9.78 Å². The number of anilines is 1. The predicted molar refractivity (Wildman–Crippen MR) is 144 cm³/mol. The summed E-state index contributed by atoms with van der Waals surface area (Å²) in [6, 6.07) is 25.7. The molecule has 3 aromatic carbocycles. The number of thiazole rings is 1. The monoisotopic (exact) mass is 499 g/mol. The van der Waals surface area contributed by atoms with Crippen molar-refractivity contribution in [3.8, 4) is 11.3 Å². The summed E-state index contributed by atoms with van der Waals surface area (Å²) in [7, 11) is 0. The summed E-state index contributed by atoms with van der Waals surface area (Å²) < 4.78 is 0. The molecule has 1 aromatic heterocycles. The smallest absolute Gasteiger partial charge is 0.326 e. The van der Waals surface area contributed by atoms with Gasteiger partial charge in [-0.1, -0.05) is 72.8 Å². The number of carboxylic acid groups (broad SMARTS) is 1. The quantitative estimate of drug-likeness (QED) is 0.298. The van der Waals surface area contributed by atoms with Gasteiger partial charge in [-0.05, 0) is 37.1 Å². The van der Waals surface area contributed by atoms with Crippen LogP contribution in [0.2, 0.25) is 0 Å². The fourth-order valence-corrected chi connectivity index (χ4v) is 4.96. The Bertz CT molecular complexity index is 1300. The summed E-state index contributed by atoms with van der Waals surface area (Å²) in [5.41, 5.74) is 4.44. The molecule has 0 aliphatic carbocycles. The Morgan fingerprint density at radius 2 is 1.58 bits per heavy atom. The van der Waals surface area contributed by atoms with Crippen LogP contribution in [0, 0.1) is 6.92 Å². The molecule has 4 rings (SSSR count). The molecular weight excluding hydrogens is 470 g/mol. The van der Waals surface area contributed by atoms with Crippen LogP contribution in [-0.4, -0.2) is 34.6 Å². The van der Waals surface area contributed by atoms with Crippen molar-refractivity contribution in [3.05, 3.63) is 106 Å². The van der Waals surface area contributed by atoms with E-state index in [4.69, 9.17) is 4.98 Å². The number of amides is 1. The van der Waals surface area contributed by atoms with E-state index in [0.29, 0.717) is 12.1 Å². The van der Waals surface area contributed by atoms with Crippen LogP contribution >= 0.6 is 11.3 Å². The highest BCUT2D eigenvalue weighted by molar-refractivity contribution is 7.16. The van der Waals surface area contributed by atoms with Gasteiger partial charge in [0, 0.05) is 35.5 Å². The first kappa shape index (κ1) is 25.1. The van der Waals surface area contributed by atoms with E-state index in [1.54, 1.807) is 23.5 Å². The Morgan fingerprint density at radius 1 is 0.944 bits per heavy atom. The molecule has 0 spiro atoms. The number of benzene rings is 3. The minimum Gasteiger partial charge on any atom is -0.480 e. The lowest BCUT2D eigenvalue weighted by Crippen LogP contribution is -2.42. The minimum absolute atomic E-state index is 0.226. The number of nitrogens with one attached hydrogen (secondary N) is 1. The van der Waals surface area contributed by atoms with E-state index in [1.165, 1.54) is 4.88 Å². The van der Waals surface area contributed by atoms with E-state index in [0.717, 1.165) is 34.1 Å². The average molecular weight is 500 g/mol. The summed E-state index contributed by atoms with van der Waals surface area (Å²) in [6.45, 7) is 5.64. The number of aromatic nitrogens is 1. The fourth-order valence-electron chi connectivity index (χ4n) is 3.97. The Morgan fingerprint density at radius 3 is 2.19 bits per heavy atom. The number of aliphatic carboxylic acids is 1.